The molecule has 3 heteroatoms. The van der Waals surface area contributed by atoms with E-state index < -0.39 is 0 Å². The third kappa shape index (κ3) is 3.94. The van der Waals surface area contributed by atoms with E-state index in [1.807, 2.05) is 12.4 Å². The summed E-state index contributed by atoms with van der Waals surface area (Å²) in [6, 6.07) is 9.34. The second-order valence-corrected chi connectivity index (χ2v) is 5.83. The van der Waals surface area contributed by atoms with Crippen LogP contribution in [0.5, 0.6) is 0 Å². The second-order valence-electron chi connectivity index (χ2n) is 5.83. The van der Waals surface area contributed by atoms with Gasteiger partial charge in [-0.05, 0) is 30.4 Å². The van der Waals surface area contributed by atoms with Gasteiger partial charge in [0, 0.05) is 25.0 Å². The molecule has 1 aromatic heterocycles. The fourth-order valence-corrected chi connectivity index (χ4v) is 2.70. The van der Waals surface area contributed by atoms with Crippen LogP contribution in [-0.2, 0) is 19.5 Å². The van der Waals surface area contributed by atoms with Gasteiger partial charge in [0.05, 0.1) is 6.54 Å². The Labute approximate surface area is 128 Å². The fourth-order valence-electron chi connectivity index (χ4n) is 2.70. The summed E-state index contributed by atoms with van der Waals surface area (Å²) in [5.41, 5.74) is 2.75. The van der Waals surface area contributed by atoms with E-state index >= 15 is 0 Å². The van der Waals surface area contributed by atoms with Crippen molar-refractivity contribution in [3.05, 3.63) is 53.6 Å². The van der Waals surface area contributed by atoms with Crippen molar-refractivity contribution >= 4 is 0 Å². The maximum atomic E-state index is 4.44. The summed E-state index contributed by atoms with van der Waals surface area (Å²) in [6.45, 7) is 10.6. The van der Waals surface area contributed by atoms with Crippen LogP contribution in [0.4, 0.5) is 0 Å². The van der Waals surface area contributed by atoms with Crippen LogP contribution in [0.1, 0.15) is 50.7 Å². The third-order valence-corrected chi connectivity index (χ3v) is 4.04. The minimum absolute atomic E-state index is 0.359. The Bertz CT molecular complexity index is 540. The first-order chi connectivity index (χ1) is 10.2. The zero-order valence-corrected chi connectivity index (χ0v) is 13.6. The maximum absolute atomic E-state index is 4.44. The molecule has 1 unspecified atom stereocenters. The van der Waals surface area contributed by atoms with Crippen LogP contribution in [0.15, 0.2) is 36.7 Å². The van der Waals surface area contributed by atoms with E-state index in [-0.39, 0.29) is 0 Å². The molecule has 0 aliphatic heterocycles. The molecule has 0 saturated carbocycles. The molecule has 0 spiro atoms. The minimum atomic E-state index is 0.359. The molecule has 2 rings (SSSR count). The van der Waals surface area contributed by atoms with Crippen LogP contribution in [0.3, 0.4) is 0 Å². The molecule has 2 aromatic rings. The number of nitrogens with zero attached hydrogens (tertiary/aromatic N) is 2. The van der Waals surface area contributed by atoms with Gasteiger partial charge in [-0.2, -0.15) is 0 Å². The van der Waals surface area contributed by atoms with Crippen molar-refractivity contribution in [2.24, 2.45) is 5.92 Å². The molecule has 0 fully saturated rings. The molecule has 3 nitrogen and oxygen atoms in total. The van der Waals surface area contributed by atoms with Gasteiger partial charge in [-0.1, -0.05) is 45.0 Å². The molecule has 1 atom stereocenters. The first-order valence-electron chi connectivity index (χ1n) is 7.97. The molecule has 0 aliphatic rings. The van der Waals surface area contributed by atoms with Crippen molar-refractivity contribution in [2.45, 2.75) is 53.2 Å². The van der Waals surface area contributed by atoms with Gasteiger partial charge in [0.1, 0.15) is 5.82 Å². The van der Waals surface area contributed by atoms with Crippen LogP contribution in [-0.4, -0.2) is 9.55 Å². The maximum Gasteiger partial charge on any atom is 0.122 e. The molecule has 0 radical (unpaired) electrons. The lowest BCUT2D eigenvalue weighted by molar-refractivity contribution is 0.402. The molecule has 0 aliphatic carbocycles. The van der Waals surface area contributed by atoms with Gasteiger partial charge >= 0.3 is 0 Å². The number of benzene rings is 1. The largest absolute Gasteiger partial charge is 0.334 e. The van der Waals surface area contributed by atoms with E-state index in [0.29, 0.717) is 12.0 Å². The zero-order chi connectivity index (χ0) is 15.2. The first-order valence-corrected chi connectivity index (χ1v) is 7.97. The standard InChI is InChI=1S/C18H27N3/c1-5-15-7-9-16(10-8-15)18(14(3)4)20-13-17-19-11-12-21(17)6-2/h7-12,14,18,20H,5-6,13H2,1-4H3. The van der Waals surface area contributed by atoms with Gasteiger partial charge in [0.15, 0.2) is 0 Å². The molecule has 1 heterocycles. The van der Waals surface area contributed by atoms with Crippen molar-refractivity contribution in [3.63, 3.8) is 0 Å². The van der Waals surface area contributed by atoms with E-state index in [1.54, 1.807) is 0 Å². The SMILES string of the molecule is CCc1ccc(C(NCc2nccn2CC)C(C)C)cc1. The van der Waals surface area contributed by atoms with Gasteiger partial charge in [0.25, 0.3) is 0 Å². The van der Waals surface area contributed by atoms with Crippen LogP contribution in [0, 0.1) is 5.92 Å². The summed E-state index contributed by atoms with van der Waals surface area (Å²) in [4.78, 5) is 4.44. The third-order valence-electron chi connectivity index (χ3n) is 4.04. The predicted octanol–water partition coefficient (Wildman–Crippen LogP) is 3.95. The van der Waals surface area contributed by atoms with Gasteiger partial charge in [-0.25, -0.2) is 4.98 Å². The normalized spacial score (nSPS) is 12.8. The van der Waals surface area contributed by atoms with Crippen molar-refractivity contribution in [2.75, 3.05) is 0 Å². The summed E-state index contributed by atoms with van der Waals surface area (Å²) in [6.07, 6.45) is 5.01. The van der Waals surface area contributed by atoms with E-state index in [2.05, 4.69) is 66.8 Å². The van der Waals surface area contributed by atoms with E-state index in [4.69, 9.17) is 0 Å². The number of hydrogen-bond donors (Lipinski definition) is 1. The molecule has 1 aromatic carbocycles. The lowest BCUT2D eigenvalue weighted by Crippen LogP contribution is -2.26. The number of hydrogen-bond acceptors (Lipinski definition) is 2. The number of imidazole rings is 1. The lowest BCUT2D eigenvalue weighted by Gasteiger charge is -2.23. The highest BCUT2D eigenvalue weighted by Crippen LogP contribution is 2.22. The van der Waals surface area contributed by atoms with E-state index in [0.717, 1.165) is 25.3 Å². The summed E-state index contributed by atoms with van der Waals surface area (Å²) in [7, 11) is 0. The predicted molar refractivity (Wildman–Crippen MR) is 88.1 cm³/mol. The van der Waals surface area contributed by atoms with E-state index in [1.165, 1.54) is 11.1 Å². The Morgan fingerprint density at radius 1 is 1.14 bits per heavy atom. The second kappa shape index (κ2) is 7.41. The average Bonchev–Trinajstić information content (AvgIpc) is 2.95. The number of aromatic nitrogens is 2. The minimum Gasteiger partial charge on any atom is -0.334 e. The Morgan fingerprint density at radius 3 is 2.43 bits per heavy atom. The first kappa shape index (κ1) is 15.8. The number of rotatable bonds is 7. The van der Waals surface area contributed by atoms with Crippen LogP contribution in [0.2, 0.25) is 0 Å². The van der Waals surface area contributed by atoms with Gasteiger partial charge < -0.3 is 9.88 Å². The van der Waals surface area contributed by atoms with Crippen LogP contribution in [0.25, 0.3) is 0 Å². The van der Waals surface area contributed by atoms with Gasteiger partial charge in [-0.3, -0.25) is 0 Å². The molecule has 1 N–H and O–H groups in total. The van der Waals surface area contributed by atoms with Crippen molar-refractivity contribution in [3.8, 4) is 0 Å². The van der Waals surface area contributed by atoms with E-state index in [9.17, 15) is 0 Å². The zero-order valence-electron chi connectivity index (χ0n) is 13.6. The molecular formula is C18H27N3. The molecule has 114 valence electrons. The highest BCUT2D eigenvalue weighted by Gasteiger charge is 2.16. The summed E-state index contributed by atoms with van der Waals surface area (Å²) in [5, 5.41) is 3.67. The van der Waals surface area contributed by atoms with Crippen LogP contribution >= 0.6 is 0 Å². The highest BCUT2D eigenvalue weighted by atomic mass is 15.1. The molecule has 0 saturated heterocycles. The summed E-state index contributed by atoms with van der Waals surface area (Å²) >= 11 is 0. The molecular weight excluding hydrogens is 258 g/mol. The molecule has 21 heavy (non-hydrogen) atoms. The monoisotopic (exact) mass is 285 g/mol. The Hall–Kier alpha value is -1.61. The topological polar surface area (TPSA) is 29.9 Å². The fraction of sp³-hybridized carbons (Fsp3) is 0.500. The average molecular weight is 285 g/mol. The van der Waals surface area contributed by atoms with Crippen molar-refractivity contribution in [1.29, 1.82) is 0 Å². The van der Waals surface area contributed by atoms with Crippen molar-refractivity contribution in [1.82, 2.24) is 14.9 Å². The lowest BCUT2D eigenvalue weighted by atomic mass is 9.95. The summed E-state index contributed by atoms with van der Waals surface area (Å²) < 4.78 is 2.19. The Kier molecular flexibility index (Phi) is 5.57. The number of nitrogens with one attached hydrogen (secondary N) is 1. The van der Waals surface area contributed by atoms with Gasteiger partial charge in [0.2, 0.25) is 0 Å². The number of aryl methyl sites for hydroxylation is 2. The van der Waals surface area contributed by atoms with Crippen LogP contribution < -0.4 is 5.32 Å². The molecule has 0 bridgehead atoms. The Morgan fingerprint density at radius 2 is 1.86 bits per heavy atom. The quantitative estimate of drug-likeness (QED) is 0.834. The molecule has 0 amide bonds. The van der Waals surface area contributed by atoms with Crippen molar-refractivity contribution < 1.29 is 0 Å². The highest BCUT2D eigenvalue weighted by molar-refractivity contribution is 5.25. The smallest absolute Gasteiger partial charge is 0.122 e. The summed E-state index contributed by atoms with van der Waals surface area (Å²) in [5.74, 6) is 1.65. The van der Waals surface area contributed by atoms with Gasteiger partial charge in [-0.15, -0.1) is 0 Å². The Balaban J connectivity index is 2.08.